The summed E-state index contributed by atoms with van der Waals surface area (Å²) >= 11 is 0. The predicted octanol–water partition coefficient (Wildman–Crippen LogP) is 5.18. The van der Waals surface area contributed by atoms with Gasteiger partial charge in [-0.05, 0) is 6.42 Å². The van der Waals surface area contributed by atoms with Crippen LogP contribution in [0.5, 0.6) is 11.5 Å². The fourth-order valence-corrected chi connectivity index (χ4v) is 2.40. The Kier molecular flexibility index (Phi) is 7.16. The largest absolute Gasteiger partial charge is 0.459 e. The summed E-state index contributed by atoms with van der Waals surface area (Å²) in [5.74, 6) is -5.25. The summed E-state index contributed by atoms with van der Waals surface area (Å²) in [4.78, 5) is 0. The van der Waals surface area contributed by atoms with Crippen LogP contribution in [0.1, 0.15) is 19.8 Å². The van der Waals surface area contributed by atoms with Crippen LogP contribution in [-0.4, -0.2) is 31.8 Å². The molecular formula is C17H17F7O4. The third kappa shape index (κ3) is 6.26. The number of halogens is 7. The van der Waals surface area contributed by atoms with Gasteiger partial charge in [0, 0.05) is 18.1 Å². The minimum atomic E-state index is -4.76. The molecule has 28 heavy (non-hydrogen) atoms. The highest BCUT2D eigenvalue weighted by atomic mass is 19.4. The van der Waals surface area contributed by atoms with Gasteiger partial charge >= 0.3 is 12.3 Å². The first kappa shape index (κ1) is 22.3. The van der Waals surface area contributed by atoms with E-state index in [0.717, 1.165) is 12.8 Å². The summed E-state index contributed by atoms with van der Waals surface area (Å²) in [6.07, 6.45) is -9.72. The molecule has 1 heterocycles. The van der Waals surface area contributed by atoms with E-state index >= 15 is 0 Å². The number of alkyl halides is 5. The lowest BCUT2D eigenvalue weighted by Crippen LogP contribution is -2.47. The molecule has 0 radical (unpaired) electrons. The molecule has 1 aromatic rings. The van der Waals surface area contributed by atoms with Gasteiger partial charge in [0.1, 0.15) is 5.75 Å². The number of rotatable bonds is 7. The van der Waals surface area contributed by atoms with E-state index in [1.807, 2.05) is 6.92 Å². The second kappa shape index (κ2) is 8.99. The lowest BCUT2D eigenvalue weighted by Gasteiger charge is -2.33. The summed E-state index contributed by atoms with van der Waals surface area (Å²) < 4.78 is 110. The lowest BCUT2D eigenvalue weighted by molar-refractivity contribution is -0.352. The molecule has 0 amide bonds. The summed E-state index contributed by atoms with van der Waals surface area (Å²) in [7, 11) is 0. The highest BCUT2D eigenvalue weighted by Crippen LogP contribution is 2.34. The quantitative estimate of drug-likeness (QED) is 0.452. The molecule has 4 nitrogen and oxygen atoms in total. The second-order valence-electron chi connectivity index (χ2n) is 6.00. The number of allylic oxidation sites excluding steroid dienone is 1. The molecule has 0 unspecified atom stereocenters. The zero-order chi connectivity index (χ0) is 20.9. The van der Waals surface area contributed by atoms with Gasteiger partial charge in [0.2, 0.25) is 0 Å². The van der Waals surface area contributed by atoms with Crippen molar-refractivity contribution in [3.8, 4) is 11.5 Å². The first-order chi connectivity index (χ1) is 13.0. The molecule has 1 aliphatic heterocycles. The summed E-state index contributed by atoms with van der Waals surface area (Å²) in [6.45, 7) is 1.94. The molecule has 1 aliphatic rings. The van der Waals surface area contributed by atoms with Gasteiger partial charge in [-0.2, -0.15) is 22.0 Å². The van der Waals surface area contributed by atoms with Crippen molar-refractivity contribution in [3.63, 3.8) is 0 Å². The lowest BCUT2D eigenvalue weighted by atomic mass is 10.1. The highest BCUT2D eigenvalue weighted by Gasteiger charge is 2.47. The topological polar surface area (TPSA) is 36.9 Å². The third-order valence-corrected chi connectivity index (χ3v) is 3.61. The van der Waals surface area contributed by atoms with E-state index in [2.05, 4.69) is 9.47 Å². The van der Waals surface area contributed by atoms with Crippen molar-refractivity contribution >= 4 is 0 Å². The van der Waals surface area contributed by atoms with E-state index < -0.39 is 47.8 Å². The minimum Gasteiger partial charge on any atom is -0.459 e. The van der Waals surface area contributed by atoms with Gasteiger partial charge < -0.3 is 18.9 Å². The van der Waals surface area contributed by atoms with Crippen LogP contribution in [0.15, 0.2) is 24.5 Å². The fraction of sp³-hybridized carbons (Fsp3) is 0.529. The van der Waals surface area contributed by atoms with Crippen LogP contribution < -0.4 is 9.47 Å². The van der Waals surface area contributed by atoms with Gasteiger partial charge in [-0.3, -0.25) is 0 Å². The average Bonchev–Trinajstić information content (AvgIpc) is 2.57. The Morgan fingerprint density at radius 3 is 2.14 bits per heavy atom. The predicted molar refractivity (Wildman–Crippen MR) is 81.8 cm³/mol. The average molecular weight is 418 g/mol. The molecular weight excluding hydrogens is 401 g/mol. The zero-order valence-electron chi connectivity index (χ0n) is 14.6. The Balaban J connectivity index is 2.04. The Bertz CT molecular complexity index is 660. The molecule has 0 atom stereocenters. The number of ether oxygens (including phenoxy) is 4. The van der Waals surface area contributed by atoms with Crippen molar-refractivity contribution in [1.29, 1.82) is 0 Å². The van der Waals surface area contributed by atoms with Crippen LogP contribution >= 0.6 is 0 Å². The first-order valence-electron chi connectivity index (χ1n) is 8.22. The Morgan fingerprint density at radius 2 is 1.64 bits per heavy atom. The highest BCUT2D eigenvalue weighted by molar-refractivity contribution is 5.35. The summed E-state index contributed by atoms with van der Waals surface area (Å²) in [6, 6.07) is 0.687. The summed E-state index contributed by atoms with van der Waals surface area (Å²) in [5.41, 5.74) is 0. The van der Waals surface area contributed by atoms with Crippen LogP contribution in [0.25, 0.3) is 0 Å². The van der Waals surface area contributed by atoms with Crippen LogP contribution in [0, 0.1) is 17.6 Å². The van der Waals surface area contributed by atoms with Gasteiger partial charge in [-0.15, -0.1) is 0 Å². The standard InChI is InChI=1S/C17H17F7O4/c1-2-3-10-8-26-15(27-9-10)17(23,24)28-11-6-12(18)14(13(19)7-11)25-5-4-16(20,21)22/h4-7,10,15H,2-3,8-9H2,1H3/b5-4+. The monoisotopic (exact) mass is 418 g/mol. The van der Waals surface area contributed by atoms with Gasteiger partial charge in [0.15, 0.2) is 17.4 Å². The molecule has 0 aliphatic carbocycles. The molecule has 0 spiro atoms. The molecule has 11 heteroatoms. The number of hydrogen-bond donors (Lipinski definition) is 0. The molecule has 1 aromatic carbocycles. The number of benzene rings is 1. The third-order valence-electron chi connectivity index (χ3n) is 3.61. The zero-order valence-corrected chi connectivity index (χ0v) is 14.6. The second-order valence-corrected chi connectivity index (χ2v) is 6.00. The first-order valence-corrected chi connectivity index (χ1v) is 8.22. The van der Waals surface area contributed by atoms with E-state index in [1.54, 1.807) is 0 Å². The molecule has 158 valence electrons. The summed E-state index contributed by atoms with van der Waals surface area (Å²) in [5, 5.41) is 0. The molecule has 1 saturated heterocycles. The van der Waals surface area contributed by atoms with Crippen molar-refractivity contribution in [2.45, 2.75) is 38.3 Å². The Labute approximate surface area is 155 Å². The molecule has 1 fully saturated rings. The smallest absolute Gasteiger partial charge is 0.451 e. The van der Waals surface area contributed by atoms with E-state index in [-0.39, 0.29) is 25.4 Å². The van der Waals surface area contributed by atoms with Gasteiger partial charge in [-0.1, -0.05) is 13.3 Å². The Hall–Kier alpha value is -2.01. The van der Waals surface area contributed by atoms with Crippen LogP contribution in [0.2, 0.25) is 0 Å². The molecule has 2 rings (SSSR count). The fourth-order valence-electron chi connectivity index (χ4n) is 2.40. The van der Waals surface area contributed by atoms with E-state index in [1.165, 1.54) is 0 Å². The van der Waals surface area contributed by atoms with E-state index in [0.29, 0.717) is 12.1 Å². The van der Waals surface area contributed by atoms with E-state index in [4.69, 9.17) is 9.47 Å². The molecule has 0 bridgehead atoms. The van der Waals surface area contributed by atoms with Crippen molar-refractivity contribution in [1.82, 2.24) is 0 Å². The molecule has 0 N–H and O–H groups in total. The van der Waals surface area contributed by atoms with Gasteiger partial charge in [-0.25, -0.2) is 8.78 Å². The van der Waals surface area contributed by atoms with Gasteiger partial charge in [0.25, 0.3) is 6.29 Å². The van der Waals surface area contributed by atoms with Crippen LogP contribution in [-0.2, 0) is 9.47 Å². The Morgan fingerprint density at radius 1 is 1.07 bits per heavy atom. The van der Waals surface area contributed by atoms with Crippen LogP contribution in [0.3, 0.4) is 0 Å². The normalized spacial score (nSPS) is 21.1. The maximum atomic E-state index is 14.1. The maximum Gasteiger partial charge on any atom is 0.451 e. The molecule has 0 saturated carbocycles. The minimum absolute atomic E-state index is 0.0124. The maximum absolute atomic E-state index is 14.1. The van der Waals surface area contributed by atoms with Crippen molar-refractivity contribution in [3.05, 3.63) is 36.1 Å². The van der Waals surface area contributed by atoms with Crippen molar-refractivity contribution in [2.24, 2.45) is 5.92 Å². The van der Waals surface area contributed by atoms with E-state index in [9.17, 15) is 30.7 Å². The molecule has 0 aromatic heterocycles. The van der Waals surface area contributed by atoms with Crippen molar-refractivity contribution in [2.75, 3.05) is 13.2 Å². The number of hydrogen-bond acceptors (Lipinski definition) is 4. The van der Waals surface area contributed by atoms with Gasteiger partial charge in [0.05, 0.1) is 25.6 Å². The van der Waals surface area contributed by atoms with Crippen molar-refractivity contribution < 1.29 is 49.7 Å². The SMILES string of the molecule is CCCC1COC(C(F)(F)Oc2cc(F)c(O/C=C/C(F)(F)F)c(F)c2)OC1. The van der Waals surface area contributed by atoms with Crippen LogP contribution in [0.4, 0.5) is 30.7 Å².